The monoisotopic (exact) mass is 425 g/mol. The Kier molecular flexibility index (Phi) is 5.65. The molecule has 2 N–H and O–H groups in total. The predicted octanol–water partition coefficient (Wildman–Crippen LogP) is 4.84. The minimum Gasteiger partial charge on any atom is -0.497 e. The fourth-order valence-corrected chi connectivity index (χ4v) is 4.80. The predicted molar refractivity (Wildman–Crippen MR) is 129 cm³/mol. The summed E-state index contributed by atoms with van der Waals surface area (Å²) in [5.74, 6) is 1.09. The molecule has 2 aliphatic rings. The van der Waals surface area contributed by atoms with Gasteiger partial charge in [0.1, 0.15) is 5.75 Å². The first-order chi connectivity index (χ1) is 15.7. The zero-order valence-corrected chi connectivity index (χ0v) is 18.1. The molecule has 0 aromatic heterocycles. The number of urea groups is 1. The molecule has 1 unspecified atom stereocenters. The topological polar surface area (TPSA) is 53.6 Å². The highest BCUT2D eigenvalue weighted by molar-refractivity contribution is 5.91. The number of carbonyl (C=O) groups excluding carboxylic acids is 1. The van der Waals surface area contributed by atoms with Gasteiger partial charge in [0.05, 0.1) is 19.2 Å². The van der Waals surface area contributed by atoms with Crippen LogP contribution in [0.15, 0.2) is 78.9 Å². The van der Waals surface area contributed by atoms with Crippen molar-refractivity contribution in [3.63, 3.8) is 0 Å². The summed E-state index contributed by atoms with van der Waals surface area (Å²) in [5.41, 5.74) is 4.41. The fraction of sp³-hybridized carbons (Fsp3) is 0.222. The normalized spacial score (nSPS) is 21.8. The van der Waals surface area contributed by atoms with Crippen LogP contribution < -0.4 is 15.4 Å². The van der Waals surface area contributed by atoms with Crippen molar-refractivity contribution < 1.29 is 9.53 Å². The van der Waals surface area contributed by atoms with E-state index in [0.29, 0.717) is 5.92 Å². The highest BCUT2D eigenvalue weighted by Gasteiger charge is 2.53. The summed E-state index contributed by atoms with van der Waals surface area (Å²) in [6.07, 6.45) is 4.26. The molecular formula is C27H27N3O2. The van der Waals surface area contributed by atoms with E-state index in [0.717, 1.165) is 24.5 Å². The molecule has 3 atom stereocenters. The number of nitrogens with zero attached hydrogens (tertiary/aromatic N) is 1. The van der Waals surface area contributed by atoms with Crippen molar-refractivity contribution in [1.82, 2.24) is 10.2 Å². The minimum absolute atomic E-state index is 0.0478. The Hall–Kier alpha value is -3.57. The van der Waals surface area contributed by atoms with Gasteiger partial charge < -0.3 is 20.3 Å². The lowest BCUT2D eigenvalue weighted by Crippen LogP contribution is -2.74. The summed E-state index contributed by atoms with van der Waals surface area (Å²) < 4.78 is 5.26. The molecule has 5 rings (SSSR count). The lowest BCUT2D eigenvalue weighted by atomic mass is 9.72. The Bertz CT molecular complexity index is 1100. The van der Waals surface area contributed by atoms with E-state index in [1.165, 1.54) is 16.7 Å². The second-order valence-corrected chi connectivity index (χ2v) is 8.30. The van der Waals surface area contributed by atoms with Gasteiger partial charge in [0.15, 0.2) is 0 Å². The number of ether oxygens (including phenoxy) is 1. The zero-order valence-electron chi connectivity index (χ0n) is 18.1. The van der Waals surface area contributed by atoms with E-state index in [1.807, 2.05) is 47.4 Å². The summed E-state index contributed by atoms with van der Waals surface area (Å²) in [7, 11) is 1.62. The van der Waals surface area contributed by atoms with Gasteiger partial charge in [-0.1, -0.05) is 72.8 Å². The van der Waals surface area contributed by atoms with Crippen molar-refractivity contribution in [2.75, 3.05) is 25.5 Å². The van der Waals surface area contributed by atoms with Crippen molar-refractivity contribution in [2.24, 2.45) is 0 Å². The van der Waals surface area contributed by atoms with Crippen molar-refractivity contribution >= 4 is 23.9 Å². The molecule has 0 radical (unpaired) electrons. The van der Waals surface area contributed by atoms with Crippen LogP contribution in [0.1, 0.15) is 22.6 Å². The molecule has 5 heteroatoms. The first-order valence-corrected chi connectivity index (χ1v) is 11.0. The third kappa shape index (κ3) is 3.99. The maximum atomic E-state index is 13.0. The van der Waals surface area contributed by atoms with Gasteiger partial charge in [-0.2, -0.15) is 0 Å². The van der Waals surface area contributed by atoms with E-state index in [9.17, 15) is 4.79 Å². The van der Waals surface area contributed by atoms with Gasteiger partial charge in [0.25, 0.3) is 0 Å². The fourth-order valence-electron chi connectivity index (χ4n) is 4.80. The molecule has 2 fully saturated rings. The molecule has 162 valence electrons. The van der Waals surface area contributed by atoms with Gasteiger partial charge in [-0.25, -0.2) is 4.79 Å². The summed E-state index contributed by atoms with van der Waals surface area (Å²) >= 11 is 0. The molecule has 5 nitrogen and oxygen atoms in total. The Morgan fingerprint density at radius 3 is 2.31 bits per heavy atom. The number of benzene rings is 3. The summed E-state index contributed by atoms with van der Waals surface area (Å²) in [6.45, 7) is 1.62. The summed E-state index contributed by atoms with van der Waals surface area (Å²) in [4.78, 5) is 15.0. The van der Waals surface area contributed by atoms with E-state index >= 15 is 0 Å². The first kappa shape index (κ1) is 20.3. The highest BCUT2D eigenvalue weighted by Crippen LogP contribution is 2.43. The molecule has 2 aliphatic heterocycles. The van der Waals surface area contributed by atoms with Crippen LogP contribution in [0, 0.1) is 0 Å². The Balaban J connectivity index is 1.26. The van der Waals surface area contributed by atoms with Gasteiger partial charge >= 0.3 is 6.03 Å². The molecule has 32 heavy (non-hydrogen) atoms. The van der Waals surface area contributed by atoms with Crippen LogP contribution in [0.2, 0.25) is 0 Å². The number of fused-ring (bicyclic) bond motifs is 2. The Morgan fingerprint density at radius 1 is 0.938 bits per heavy atom. The third-order valence-electron chi connectivity index (χ3n) is 6.40. The van der Waals surface area contributed by atoms with E-state index in [4.69, 9.17) is 4.74 Å². The number of methoxy groups -OCH3 is 1. The van der Waals surface area contributed by atoms with Gasteiger partial charge in [-0.3, -0.25) is 0 Å². The number of piperazine rings is 1. The first-order valence-electron chi connectivity index (χ1n) is 11.0. The quantitative estimate of drug-likeness (QED) is 0.576. The van der Waals surface area contributed by atoms with Crippen molar-refractivity contribution in [3.8, 4) is 5.75 Å². The van der Waals surface area contributed by atoms with E-state index in [2.05, 4.69) is 59.2 Å². The second kappa shape index (κ2) is 8.89. The number of rotatable bonds is 5. The smallest absolute Gasteiger partial charge is 0.322 e. The number of hydrogen-bond acceptors (Lipinski definition) is 3. The van der Waals surface area contributed by atoms with Crippen molar-refractivity contribution in [2.45, 2.75) is 18.0 Å². The average molecular weight is 426 g/mol. The molecule has 2 saturated heterocycles. The molecular weight excluding hydrogens is 398 g/mol. The van der Waals surface area contributed by atoms with E-state index < -0.39 is 0 Å². The van der Waals surface area contributed by atoms with Crippen LogP contribution >= 0.6 is 0 Å². The number of anilines is 1. The van der Waals surface area contributed by atoms with Gasteiger partial charge in [0.2, 0.25) is 0 Å². The summed E-state index contributed by atoms with van der Waals surface area (Å²) in [5, 5.41) is 6.48. The SMILES string of the molecule is COc1cccc(NC(=O)N2[C@@H]3CNC[C@H]2C3c2ccc(/C=C/c3ccccc3)cc2)c1. The molecule has 2 heterocycles. The summed E-state index contributed by atoms with van der Waals surface area (Å²) in [6, 6.07) is 26.8. The lowest BCUT2D eigenvalue weighted by molar-refractivity contribution is 0.00201. The van der Waals surface area contributed by atoms with Crippen LogP contribution in [-0.4, -0.2) is 43.2 Å². The van der Waals surface area contributed by atoms with Crippen LogP contribution in [0.4, 0.5) is 10.5 Å². The molecule has 3 aromatic carbocycles. The Labute approximate surface area is 188 Å². The molecule has 2 bridgehead atoms. The van der Waals surface area contributed by atoms with Crippen molar-refractivity contribution in [3.05, 3.63) is 95.6 Å². The van der Waals surface area contributed by atoms with Gasteiger partial charge in [-0.15, -0.1) is 0 Å². The zero-order chi connectivity index (χ0) is 21.9. The largest absolute Gasteiger partial charge is 0.497 e. The molecule has 0 saturated carbocycles. The lowest BCUT2D eigenvalue weighted by Gasteiger charge is -2.59. The maximum Gasteiger partial charge on any atom is 0.322 e. The van der Waals surface area contributed by atoms with Crippen LogP contribution in [0.3, 0.4) is 0 Å². The second-order valence-electron chi connectivity index (χ2n) is 8.30. The third-order valence-corrected chi connectivity index (χ3v) is 6.40. The number of carbonyl (C=O) groups is 1. The van der Waals surface area contributed by atoms with E-state index in [1.54, 1.807) is 7.11 Å². The Morgan fingerprint density at radius 2 is 1.62 bits per heavy atom. The van der Waals surface area contributed by atoms with Crippen LogP contribution in [-0.2, 0) is 0 Å². The van der Waals surface area contributed by atoms with Gasteiger partial charge in [-0.05, 0) is 28.8 Å². The number of piperidine rings is 1. The molecule has 3 aromatic rings. The molecule has 0 spiro atoms. The minimum atomic E-state index is -0.0478. The standard InChI is InChI=1S/C27H27N3O2/c1-32-23-9-5-8-22(16-23)29-27(31)30-24-17-28-18-25(30)26(24)21-14-12-20(13-15-21)11-10-19-6-3-2-4-7-19/h2-16,24-26,28H,17-18H2,1H3,(H,29,31)/b11-10+/t24-,25+,26?. The number of nitrogens with one attached hydrogen (secondary N) is 2. The molecule has 2 amide bonds. The maximum absolute atomic E-state index is 13.0. The number of hydrogen-bond donors (Lipinski definition) is 2. The van der Waals surface area contributed by atoms with E-state index in [-0.39, 0.29) is 18.1 Å². The van der Waals surface area contributed by atoms with Crippen LogP contribution in [0.25, 0.3) is 12.2 Å². The van der Waals surface area contributed by atoms with Gasteiger partial charge in [0, 0.05) is 30.8 Å². The van der Waals surface area contributed by atoms with Crippen LogP contribution in [0.5, 0.6) is 5.75 Å². The van der Waals surface area contributed by atoms with Crippen molar-refractivity contribution in [1.29, 1.82) is 0 Å². The number of amides is 2. The average Bonchev–Trinajstić information content (AvgIpc) is 2.84. The molecule has 0 aliphatic carbocycles. The highest BCUT2D eigenvalue weighted by atomic mass is 16.5.